The maximum Gasteiger partial charge on any atom is 0.573 e. The number of nitrogens with one attached hydrogen (secondary N) is 1. The maximum atomic E-state index is 12.7. The first-order valence-corrected chi connectivity index (χ1v) is 15.7. The van der Waals surface area contributed by atoms with Crippen LogP contribution in [0.2, 0.25) is 0 Å². The van der Waals surface area contributed by atoms with Crippen LogP contribution in [-0.2, 0) is 4.79 Å². The van der Waals surface area contributed by atoms with Crippen molar-refractivity contribution in [2.24, 2.45) is 4.99 Å². The average molecular weight is 704 g/mol. The topological polar surface area (TPSA) is 84.6 Å². The highest BCUT2D eigenvalue weighted by Crippen LogP contribution is 2.32. The number of rotatable bonds is 8. The molecule has 0 aliphatic carbocycles. The highest BCUT2D eigenvalue weighted by atomic mass is 79.9. The number of amidine groups is 1. The Morgan fingerprint density at radius 1 is 1.16 bits per heavy atom. The van der Waals surface area contributed by atoms with Gasteiger partial charge in [0.25, 0.3) is 0 Å². The Balaban J connectivity index is 1.22. The molecule has 1 aliphatic heterocycles. The number of aromatic nitrogens is 3. The lowest BCUT2D eigenvalue weighted by Crippen LogP contribution is -2.32. The van der Waals surface area contributed by atoms with E-state index in [1.807, 2.05) is 49.4 Å². The van der Waals surface area contributed by atoms with Crippen LogP contribution >= 0.6 is 39.9 Å². The summed E-state index contributed by atoms with van der Waals surface area (Å²) in [4.78, 5) is 23.2. The van der Waals surface area contributed by atoms with Crippen molar-refractivity contribution >= 4 is 61.8 Å². The number of benzene rings is 3. The number of carbonyl (C=O) groups is 1. The van der Waals surface area contributed by atoms with E-state index < -0.39 is 6.36 Å². The molecule has 44 heavy (non-hydrogen) atoms. The first-order valence-electron chi connectivity index (χ1n) is 13.5. The van der Waals surface area contributed by atoms with E-state index in [4.69, 9.17) is 12.2 Å². The van der Waals surface area contributed by atoms with Crippen molar-refractivity contribution in [3.63, 3.8) is 0 Å². The summed E-state index contributed by atoms with van der Waals surface area (Å²) in [5, 5.41) is 8.56. The highest BCUT2D eigenvalue weighted by Gasteiger charge is 2.32. The molecule has 0 bridgehead atoms. The monoisotopic (exact) mass is 702 g/mol. The standard InChI is InChI=1S/C30H26BrF3N6O2S2/c1-3-19(15-35-28(43)37-29-40(26(41)16-44-29)25-14-22(31)9-4-18(25)2)20-5-7-21(8-6-20)27-36-17-39(38-27)23-10-12-24(13-11-23)42-30(32,33)34/h4-14,17,19H,3,15-16H2,1-2H3,(H,35,43). The Morgan fingerprint density at radius 2 is 1.89 bits per heavy atom. The van der Waals surface area contributed by atoms with Crippen molar-refractivity contribution < 1.29 is 22.7 Å². The third-order valence-corrected chi connectivity index (χ3v) is 8.49. The highest BCUT2D eigenvalue weighted by molar-refractivity contribution is 9.10. The van der Waals surface area contributed by atoms with Crippen molar-refractivity contribution in [1.82, 2.24) is 20.1 Å². The van der Waals surface area contributed by atoms with Gasteiger partial charge in [0, 0.05) is 22.5 Å². The van der Waals surface area contributed by atoms with Gasteiger partial charge in [-0.25, -0.2) is 9.67 Å². The molecule has 0 radical (unpaired) electrons. The zero-order chi connectivity index (χ0) is 31.4. The second-order valence-corrected chi connectivity index (χ2v) is 12.1. The molecule has 3 aromatic carbocycles. The molecule has 228 valence electrons. The van der Waals surface area contributed by atoms with Crippen LogP contribution in [-0.4, -0.2) is 49.6 Å². The van der Waals surface area contributed by atoms with E-state index in [9.17, 15) is 18.0 Å². The molecule has 1 unspecified atom stereocenters. The van der Waals surface area contributed by atoms with Gasteiger partial charge in [-0.2, -0.15) is 4.99 Å². The minimum Gasteiger partial charge on any atom is -0.406 e. The minimum atomic E-state index is -4.75. The summed E-state index contributed by atoms with van der Waals surface area (Å²) in [6, 6.07) is 19.0. The smallest absolute Gasteiger partial charge is 0.406 e. The van der Waals surface area contributed by atoms with E-state index in [0.29, 0.717) is 34.1 Å². The first kappa shape index (κ1) is 31.7. The largest absolute Gasteiger partial charge is 0.573 e. The van der Waals surface area contributed by atoms with Crippen molar-refractivity contribution in [2.45, 2.75) is 32.5 Å². The van der Waals surface area contributed by atoms with Crippen LogP contribution in [0.25, 0.3) is 17.1 Å². The summed E-state index contributed by atoms with van der Waals surface area (Å²) in [6.45, 7) is 4.59. The Bertz CT molecular complexity index is 1690. The fraction of sp³-hybridized carbons (Fsp3) is 0.233. The molecular weight excluding hydrogens is 677 g/mol. The van der Waals surface area contributed by atoms with Gasteiger partial charge in [-0.15, -0.1) is 18.3 Å². The van der Waals surface area contributed by atoms with Crippen molar-refractivity contribution in [1.29, 1.82) is 0 Å². The molecule has 4 aromatic rings. The fourth-order valence-electron chi connectivity index (χ4n) is 4.56. The molecule has 0 spiro atoms. The molecule has 5 rings (SSSR count). The number of carbonyl (C=O) groups excluding carboxylic acids is 1. The molecule has 1 amide bonds. The normalized spacial score (nSPS) is 15.1. The predicted molar refractivity (Wildman–Crippen MR) is 173 cm³/mol. The molecule has 14 heteroatoms. The molecule has 1 fully saturated rings. The average Bonchev–Trinajstić information content (AvgIpc) is 3.62. The minimum absolute atomic E-state index is 0.0444. The Labute approximate surface area is 269 Å². The van der Waals surface area contributed by atoms with Gasteiger partial charge in [-0.05, 0) is 73.1 Å². The number of hydrogen-bond acceptors (Lipinski definition) is 6. The number of alkyl halides is 3. The number of anilines is 1. The lowest BCUT2D eigenvalue weighted by atomic mass is 9.95. The van der Waals surface area contributed by atoms with Gasteiger partial charge in [0.1, 0.15) is 12.1 Å². The molecule has 1 saturated heterocycles. The van der Waals surface area contributed by atoms with Gasteiger partial charge in [0.05, 0.1) is 17.1 Å². The quantitative estimate of drug-likeness (QED) is 0.192. The number of hydrogen-bond donors (Lipinski definition) is 1. The van der Waals surface area contributed by atoms with Crippen LogP contribution in [0.1, 0.15) is 30.4 Å². The van der Waals surface area contributed by atoms with Gasteiger partial charge in [0.2, 0.25) is 5.91 Å². The lowest BCUT2D eigenvalue weighted by Gasteiger charge is -2.20. The van der Waals surface area contributed by atoms with Crippen LogP contribution in [0.3, 0.4) is 0 Å². The van der Waals surface area contributed by atoms with Gasteiger partial charge in [-0.1, -0.05) is 64.9 Å². The van der Waals surface area contributed by atoms with E-state index >= 15 is 0 Å². The number of aryl methyl sites for hydroxylation is 1. The van der Waals surface area contributed by atoms with E-state index in [1.54, 1.807) is 4.90 Å². The summed E-state index contributed by atoms with van der Waals surface area (Å²) in [7, 11) is 0. The van der Waals surface area contributed by atoms with Crippen LogP contribution in [0, 0.1) is 6.92 Å². The molecule has 1 N–H and O–H groups in total. The van der Waals surface area contributed by atoms with Crippen LogP contribution in [0.5, 0.6) is 5.75 Å². The predicted octanol–water partition coefficient (Wildman–Crippen LogP) is 7.41. The molecule has 1 aliphatic rings. The van der Waals surface area contributed by atoms with E-state index in [-0.39, 0.29) is 17.6 Å². The maximum absolute atomic E-state index is 12.7. The number of halogens is 4. The molecule has 1 aromatic heterocycles. The zero-order valence-corrected chi connectivity index (χ0v) is 26.7. The van der Waals surface area contributed by atoms with Crippen LogP contribution < -0.4 is 15.0 Å². The summed E-state index contributed by atoms with van der Waals surface area (Å²) < 4.78 is 43.6. The van der Waals surface area contributed by atoms with Crippen LogP contribution in [0.15, 0.2) is 82.5 Å². The number of ether oxygens (including phenoxy) is 1. The molecule has 2 heterocycles. The van der Waals surface area contributed by atoms with Gasteiger partial charge in [0.15, 0.2) is 16.1 Å². The molecule has 0 saturated carbocycles. The number of amides is 1. The van der Waals surface area contributed by atoms with Crippen molar-refractivity contribution in [3.05, 3.63) is 88.7 Å². The third kappa shape index (κ3) is 7.66. The molecule has 1 atom stereocenters. The van der Waals surface area contributed by atoms with E-state index in [1.165, 1.54) is 47.0 Å². The summed E-state index contributed by atoms with van der Waals surface area (Å²) in [5.41, 5.74) is 4.16. The van der Waals surface area contributed by atoms with Crippen molar-refractivity contribution in [3.8, 4) is 22.8 Å². The second-order valence-electron chi connectivity index (χ2n) is 9.81. The summed E-state index contributed by atoms with van der Waals surface area (Å²) >= 11 is 10.4. The second kappa shape index (κ2) is 13.5. The number of aliphatic imine (C=N–C) groups is 1. The third-order valence-electron chi connectivity index (χ3n) is 6.83. The van der Waals surface area contributed by atoms with Gasteiger partial charge < -0.3 is 10.1 Å². The Morgan fingerprint density at radius 3 is 2.57 bits per heavy atom. The van der Waals surface area contributed by atoms with Crippen molar-refractivity contribution in [2.75, 3.05) is 17.2 Å². The SMILES string of the molecule is CCC(CNC(=S)N=C1SCC(=O)N1c1cc(Br)ccc1C)c1ccc(-c2ncn(-c3ccc(OC(F)(F)F)cc3)n2)cc1. The summed E-state index contributed by atoms with van der Waals surface area (Å²) in [5.74, 6) is 0.566. The van der Waals surface area contributed by atoms with Crippen LogP contribution in [0.4, 0.5) is 18.9 Å². The number of nitrogens with zero attached hydrogens (tertiary/aromatic N) is 5. The van der Waals surface area contributed by atoms with Gasteiger partial charge in [-0.3, -0.25) is 9.69 Å². The zero-order valence-electron chi connectivity index (χ0n) is 23.5. The Kier molecular flexibility index (Phi) is 9.71. The Hall–Kier alpha value is -3.75. The number of thiocarbonyl (C=S) groups is 1. The van der Waals surface area contributed by atoms with Gasteiger partial charge >= 0.3 is 6.36 Å². The van der Waals surface area contributed by atoms with E-state index in [2.05, 4.69) is 48.0 Å². The van der Waals surface area contributed by atoms with E-state index in [0.717, 1.165) is 33.3 Å². The molecular formula is C30H26BrF3N6O2S2. The fourth-order valence-corrected chi connectivity index (χ4v) is 6.01. The summed E-state index contributed by atoms with van der Waals surface area (Å²) in [6.07, 6.45) is -2.40. The number of thioether (sulfide) groups is 1. The molecule has 8 nitrogen and oxygen atoms in total. The lowest BCUT2D eigenvalue weighted by molar-refractivity contribution is -0.274. The first-order chi connectivity index (χ1) is 21.0.